The first-order valence-corrected chi connectivity index (χ1v) is 6.19. The maximum atomic E-state index is 6.08. The van der Waals surface area contributed by atoms with Crippen LogP contribution in [0.5, 0.6) is 11.5 Å². The lowest BCUT2D eigenvalue weighted by Crippen LogP contribution is -2.34. The number of methoxy groups -OCH3 is 1. The lowest BCUT2D eigenvalue weighted by Gasteiger charge is -2.26. The van der Waals surface area contributed by atoms with Crippen molar-refractivity contribution in [1.82, 2.24) is 0 Å². The summed E-state index contributed by atoms with van der Waals surface area (Å²) in [6, 6.07) is 4.08. The van der Waals surface area contributed by atoms with Crippen LogP contribution in [0.2, 0.25) is 0 Å². The molecule has 1 aromatic rings. The molecule has 0 atom stereocenters. The van der Waals surface area contributed by atoms with Gasteiger partial charge in [-0.15, -0.1) is 0 Å². The van der Waals surface area contributed by atoms with Crippen LogP contribution >= 0.6 is 0 Å². The first-order valence-electron chi connectivity index (χ1n) is 6.19. The molecule has 1 heterocycles. The summed E-state index contributed by atoms with van der Waals surface area (Å²) in [6.45, 7) is 5.71. The van der Waals surface area contributed by atoms with Crippen molar-refractivity contribution in [2.75, 3.05) is 20.3 Å². The molecule has 0 amide bonds. The largest absolute Gasteiger partial charge is 0.486 e. The summed E-state index contributed by atoms with van der Waals surface area (Å²) in [5.74, 6) is 1.64. The van der Waals surface area contributed by atoms with Gasteiger partial charge in [0.1, 0.15) is 13.2 Å². The van der Waals surface area contributed by atoms with Crippen LogP contribution in [0.3, 0.4) is 0 Å². The van der Waals surface area contributed by atoms with Gasteiger partial charge in [0, 0.05) is 18.2 Å². The van der Waals surface area contributed by atoms with Crippen LogP contribution in [-0.4, -0.2) is 25.9 Å². The van der Waals surface area contributed by atoms with E-state index in [2.05, 4.69) is 6.07 Å². The van der Waals surface area contributed by atoms with Crippen molar-refractivity contribution in [2.45, 2.75) is 32.4 Å². The Morgan fingerprint density at radius 3 is 2.28 bits per heavy atom. The molecule has 0 saturated carbocycles. The first-order chi connectivity index (χ1) is 8.51. The second kappa shape index (κ2) is 5.16. The minimum absolute atomic E-state index is 0.267. The second-order valence-electron chi connectivity index (χ2n) is 5.34. The summed E-state index contributed by atoms with van der Waals surface area (Å²) < 4.78 is 16.6. The average molecular weight is 251 g/mol. The average Bonchev–Trinajstić information content (AvgIpc) is 2.31. The third kappa shape index (κ3) is 2.94. The quantitative estimate of drug-likeness (QED) is 0.887. The number of rotatable bonds is 4. The van der Waals surface area contributed by atoms with Crippen LogP contribution < -0.4 is 15.2 Å². The number of hydrogen-bond acceptors (Lipinski definition) is 4. The maximum Gasteiger partial charge on any atom is 0.167 e. The molecule has 18 heavy (non-hydrogen) atoms. The summed E-state index contributed by atoms with van der Waals surface area (Å²) in [5, 5.41) is 0. The summed E-state index contributed by atoms with van der Waals surface area (Å²) in [7, 11) is 1.67. The zero-order chi connectivity index (χ0) is 13.2. The van der Waals surface area contributed by atoms with Crippen molar-refractivity contribution in [3.63, 3.8) is 0 Å². The van der Waals surface area contributed by atoms with Crippen molar-refractivity contribution in [3.05, 3.63) is 23.3 Å². The Morgan fingerprint density at radius 1 is 1.17 bits per heavy atom. The molecular weight excluding hydrogens is 230 g/mol. The number of ether oxygens (including phenoxy) is 3. The summed E-state index contributed by atoms with van der Waals surface area (Å²) in [5.41, 5.74) is 7.92. The van der Waals surface area contributed by atoms with Gasteiger partial charge in [0.25, 0.3) is 0 Å². The van der Waals surface area contributed by atoms with E-state index in [0.29, 0.717) is 19.8 Å². The Bertz CT molecular complexity index is 424. The van der Waals surface area contributed by atoms with Gasteiger partial charge in [0.05, 0.1) is 6.61 Å². The molecule has 1 aliphatic rings. The lowest BCUT2D eigenvalue weighted by atomic mass is 9.94. The van der Waals surface area contributed by atoms with Gasteiger partial charge in [-0.1, -0.05) is 12.1 Å². The van der Waals surface area contributed by atoms with Gasteiger partial charge in [-0.3, -0.25) is 0 Å². The predicted molar refractivity (Wildman–Crippen MR) is 70.1 cm³/mol. The highest BCUT2D eigenvalue weighted by Gasteiger charge is 2.23. The molecule has 1 aromatic carbocycles. The smallest absolute Gasteiger partial charge is 0.167 e. The topological polar surface area (TPSA) is 53.7 Å². The fraction of sp³-hybridized carbons (Fsp3) is 0.571. The molecule has 0 bridgehead atoms. The Balaban J connectivity index is 2.37. The highest BCUT2D eigenvalue weighted by molar-refractivity contribution is 5.53. The van der Waals surface area contributed by atoms with Gasteiger partial charge in [0.15, 0.2) is 11.5 Å². The summed E-state index contributed by atoms with van der Waals surface area (Å²) in [6.07, 6.45) is 0.756. The molecular formula is C14H21NO3. The molecule has 100 valence electrons. The lowest BCUT2D eigenvalue weighted by molar-refractivity contribution is 0.151. The second-order valence-corrected chi connectivity index (χ2v) is 5.34. The first kappa shape index (κ1) is 13.2. The van der Waals surface area contributed by atoms with E-state index in [1.807, 2.05) is 19.9 Å². The number of nitrogens with two attached hydrogens (primary N) is 1. The minimum Gasteiger partial charge on any atom is -0.486 e. The van der Waals surface area contributed by atoms with Gasteiger partial charge < -0.3 is 19.9 Å². The third-order valence-electron chi connectivity index (χ3n) is 2.80. The fourth-order valence-electron chi connectivity index (χ4n) is 2.15. The van der Waals surface area contributed by atoms with E-state index in [0.717, 1.165) is 29.0 Å². The normalized spacial score (nSPS) is 14.7. The molecule has 4 nitrogen and oxygen atoms in total. The van der Waals surface area contributed by atoms with Crippen molar-refractivity contribution >= 4 is 0 Å². The van der Waals surface area contributed by atoms with Crippen molar-refractivity contribution in [3.8, 4) is 11.5 Å². The molecule has 4 heteroatoms. The van der Waals surface area contributed by atoms with E-state index < -0.39 is 0 Å². The van der Waals surface area contributed by atoms with E-state index in [9.17, 15) is 0 Å². The zero-order valence-electron chi connectivity index (χ0n) is 11.3. The van der Waals surface area contributed by atoms with E-state index in [1.165, 1.54) is 0 Å². The van der Waals surface area contributed by atoms with Gasteiger partial charge in [0.2, 0.25) is 0 Å². The molecule has 2 rings (SSSR count). The van der Waals surface area contributed by atoms with Crippen molar-refractivity contribution < 1.29 is 14.2 Å². The zero-order valence-corrected chi connectivity index (χ0v) is 11.3. The molecule has 0 aliphatic carbocycles. The SMILES string of the molecule is COCc1ccc(CC(C)(C)N)c2c1OCCO2. The molecule has 0 aromatic heterocycles. The Kier molecular flexibility index (Phi) is 3.78. The number of hydrogen-bond donors (Lipinski definition) is 1. The molecule has 0 fully saturated rings. The summed E-state index contributed by atoms with van der Waals surface area (Å²) in [4.78, 5) is 0. The molecule has 0 spiro atoms. The van der Waals surface area contributed by atoms with Crippen LogP contribution in [0, 0.1) is 0 Å². The van der Waals surface area contributed by atoms with Crippen LogP contribution in [0.4, 0.5) is 0 Å². The van der Waals surface area contributed by atoms with Crippen LogP contribution in [0.1, 0.15) is 25.0 Å². The molecule has 0 saturated heterocycles. The highest BCUT2D eigenvalue weighted by atomic mass is 16.6. The standard InChI is InChI=1S/C14H21NO3/c1-14(2,15)8-10-4-5-11(9-16-3)13-12(10)17-6-7-18-13/h4-5H,6-9,15H2,1-3H3. The van der Waals surface area contributed by atoms with Crippen molar-refractivity contribution in [1.29, 1.82) is 0 Å². The van der Waals surface area contributed by atoms with Crippen LogP contribution in [-0.2, 0) is 17.8 Å². The summed E-state index contributed by atoms with van der Waals surface area (Å²) >= 11 is 0. The third-order valence-corrected chi connectivity index (χ3v) is 2.80. The van der Waals surface area contributed by atoms with E-state index in [4.69, 9.17) is 19.9 Å². The Morgan fingerprint density at radius 2 is 1.72 bits per heavy atom. The Hall–Kier alpha value is -1.26. The molecule has 0 radical (unpaired) electrons. The van der Waals surface area contributed by atoms with E-state index in [-0.39, 0.29) is 5.54 Å². The number of benzene rings is 1. The monoisotopic (exact) mass is 251 g/mol. The van der Waals surface area contributed by atoms with Crippen molar-refractivity contribution in [2.24, 2.45) is 5.73 Å². The van der Waals surface area contributed by atoms with Gasteiger partial charge in [-0.25, -0.2) is 0 Å². The molecule has 1 aliphatic heterocycles. The fourth-order valence-corrected chi connectivity index (χ4v) is 2.15. The predicted octanol–water partition coefficient (Wildman–Crippen LogP) is 1.88. The Labute approximate surface area is 108 Å². The van der Waals surface area contributed by atoms with Crippen LogP contribution in [0.25, 0.3) is 0 Å². The number of fused-ring (bicyclic) bond motifs is 1. The van der Waals surface area contributed by atoms with E-state index >= 15 is 0 Å². The molecule has 0 unspecified atom stereocenters. The van der Waals surface area contributed by atoms with Gasteiger partial charge >= 0.3 is 0 Å². The van der Waals surface area contributed by atoms with Crippen LogP contribution in [0.15, 0.2) is 12.1 Å². The van der Waals surface area contributed by atoms with Gasteiger partial charge in [-0.2, -0.15) is 0 Å². The maximum absolute atomic E-state index is 6.08. The van der Waals surface area contributed by atoms with Gasteiger partial charge in [-0.05, 0) is 25.8 Å². The molecule has 2 N–H and O–H groups in total. The van der Waals surface area contributed by atoms with E-state index in [1.54, 1.807) is 7.11 Å². The highest BCUT2D eigenvalue weighted by Crippen LogP contribution is 2.38. The minimum atomic E-state index is -0.267.